The Hall–Kier alpha value is -2.95. The molecule has 34 heavy (non-hydrogen) atoms. The largest absolute Gasteiger partial charge is 0.377 e. The van der Waals surface area contributed by atoms with Gasteiger partial charge in [0.15, 0.2) is 0 Å². The predicted molar refractivity (Wildman–Crippen MR) is 129 cm³/mol. The lowest BCUT2D eigenvalue weighted by Crippen LogP contribution is -2.38. The highest BCUT2D eigenvalue weighted by Crippen LogP contribution is 2.30. The van der Waals surface area contributed by atoms with Crippen molar-refractivity contribution in [3.8, 4) is 0 Å². The van der Waals surface area contributed by atoms with Crippen LogP contribution >= 0.6 is 0 Å². The summed E-state index contributed by atoms with van der Waals surface area (Å²) in [6.45, 7) is 2.24. The summed E-state index contributed by atoms with van der Waals surface area (Å²) in [5.41, 5.74) is 7.30. The van der Waals surface area contributed by atoms with Crippen LogP contribution in [0.3, 0.4) is 0 Å². The molecule has 182 valence electrons. The number of hydrogen-bond acceptors (Lipinski definition) is 6. The Morgan fingerprint density at radius 1 is 1.03 bits per heavy atom. The fraction of sp³-hybridized carbons (Fsp3) is 0.417. The molecule has 2 fully saturated rings. The Labute approximate surface area is 199 Å². The van der Waals surface area contributed by atoms with Gasteiger partial charge in [-0.2, -0.15) is 0 Å². The molecule has 2 aliphatic rings. The van der Waals surface area contributed by atoms with Crippen molar-refractivity contribution in [2.45, 2.75) is 36.7 Å². The smallest absolute Gasteiger partial charge is 0.255 e. The molecule has 4 N–H and O–H groups in total. The highest BCUT2D eigenvalue weighted by Gasteiger charge is 2.25. The summed E-state index contributed by atoms with van der Waals surface area (Å²) in [5.74, 6) is -0.725. The fourth-order valence-electron chi connectivity index (χ4n) is 4.33. The molecule has 0 bridgehead atoms. The second-order valence-electron chi connectivity index (χ2n) is 8.65. The van der Waals surface area contributed by atoms with Gasteiger partial charge in [0.25, 0.3) is 5.91 Å². The van der Waals surface area contributed by atoms with Crippen molar-refractivity contribution in [3.63, 3.8) is 0 Å². The first-order valence-electron chi connectivity index (χ1n) is 11.5. The van der Waals surface area contributed by atoms with Crippen LogP contribution in [0.15, 0.2) is 53.4 Å². The summed E-state index contributed by atoms with van der Waals surface area (Å²) in [4.78, 5) is 26.6. The van der Waals surface area contributed by atoms with Gasteiger partial charge < -0.3 is 20.7 Å². The minimum absolute atomic E-state index is 0.0959. The molecule has 0 unspecified atom stereocenters. The molecule has 2 aliphatic heterocycles. The average Bonchev–Trinajstić information content (AvgIpc) is 3.37. The normalized spacial score (nSPS) is 19.2. The van der Waals surface area contributed by atoms with E-state index in [-0.39, 0.29) is 35.3 Å². The molecule has 2 amide bonds. The van der Waals surface area contributed by atoms with E-state index in [9.17, 15) is 18.0 Å². The molecule has 9 nitrogen and oxygen atoms in total. The van der Waals surface area contributed by atoms with Gasteiger partial charge >= 0.3 is 0 Å². The molecule has 2 aromatic carbocycles. The maximum absolute atomic E-state index is 12.9. The molecular weight excluding hydrogens is 456 g/mol. The highest BCUT2D eigenvalue weighted by atomic mass is 32.2. The Morgan fingerprint density at radius 2 is 1.74 bits per heavy atom. The van der Waals surface area contributed by atoms with E-state index in [1.807, 2.05) is 24.3 Å². The van der Waals surface area contributed by atoms with Gasteiger partial charge in [-0.1, -0.05) is 12.1 Å². The standard InChI is InChI=1S/C24H30N4O5S/c25-23(29)17-11-13-28(14-12-17)22-6-2-1-5-21(22)27-24(30)18-7-9-20(10-8-18)34(31,32)26-16-19-4-3-15-33-19/h1-2,5-10,17,19,26H,3-4,11-16H2,(H2,25,29)(H,27,30)/t19-/m0/s1. The van der Waals surface area contributed by atoms with Gasteiger partial charge in [0.1, 0.15) is 0 Å². The van der Waals surface area contributed by atoms with Gasteiger partial charge in [0.2, 0.25) is 15.9 Å². The van der Waals surface area contributed by atoms with Gasteiger partial charge in [0.05, 0.1) is 22.4 Å². The van der Waals surface area contributed by atoms with E-state index in [0.29, 0.717) is 43.8 Å². The third-order valence-electron chi connectivity index (χ3n) is 6.34. The molecule has 1 atom stereocenters. The summed E-state index contributed by atoms with van der Waals surface area (Å²) in [6.07, 6.45) is 3.03. The van der Waals surface area contributed by atoms with Gasteiger partial charge in [-0.3, -0.25) is 9.59 Å². The number of nitrogens with zero attached hydrogens (tertiary/aromatic N) is 1. The van der Waals surface area contributed by atoms with E-state index in [1.165, 1.54) is 24.3 Å². The first kappa shape index (κ1) is 24.2. The number of carbonyl (C=O) groups is 2. The van der Waals surface area contributed by atoms with E-state index >= 15 is 0 Å². The summed E-state index contributed by atoms with van der Waals surface area (Å²) < 4.78 is 33.1. The number of nitrogens with two attached hydrogens (primary N) is 1. The maximum atomic E-state index is 12.9. The number of carbonyl (C=O) groups excluding carboxylic acids is 2. The minimum atomic E-state index is -3.68. The number of anilines is 2. The highest BCUT2D eigenvalue weighted by molar-refractivity contribution is 7.89. The SMILES string of the molecule is NC(=O)C1CCN(c2ccccc2NC(=O)c2ccc(S(=O)(=O)NC[C@@H]3CCCO3)cc2)CC1. The quantitative estimate of drug-likeness (QED) is 0.524. The summed E-state index contributed by atoms with van der Waals surface area (Å²) >= 11 is 0. The first-order valence-corrected chi connectivity index (χ1v) is 13.0. The van der Waals surface area contributed by atoms with Gasteiger partial charge in [-0.05, 0) is 62.1 Å². The number of sulfonamides is 1. The van der Waals surface area contributed by atoms with Crippen LogP contribution in [0.4, 0.5) is 11.4 Å². The average molecular weight is 487 g/mol. The second kappa shape index (κ2) is 10.5. The number of primary amides is 1. The molecule has 0 aromatic heterocycles. The Balaban J connectivity index is 1.40. The van der Waals surface area contributed by atoms with Gasteiger partial charge in [-0.15, -0.1) is 0 Å². The number of benzene rings is 2. The van der Waals surface area contributed by atoms with E-state index in [1.54, 1.807) is 0 Å². The number of nitrogens with one attached hydrogen (secondary N) is 2. The van der Waals surface area contributed by atoms with Crippen LogP contribution in [-0.2, 0) is 19.6 Å². The van der Waals surface area contributed by atoms with Crippen molar-refractivity contribution < 1.29 is 22.7 Å². The lowest BCUT2D eigenvalue weighted by molar-refractivity contribution is -0.122. The molecule has 10 heteroatoms. The Bertz CT molecular complexity index is 1120. The predicted octanol–water partition coefficient (Wildman–Crippen LogP) is 2.10. The Morgan fingerprint density at radius 3 is 2.38 bits per heavy atom. The van der Waals surface area contributed by atoms with E-state index in [0.717, 1.165) is 18.5 Å². The topological polar surface area (TPSA) is 131 Å². The maximum Gasteiger partial charge on any atom is 0.255 e. The number of rotatable bonds is 8. The lowest BCUT2D eigenvalue weighted by Gasteiger charge is -2.33. The van der Waals surface area contributed by atoms with Crippen molar-refractivity contribution in [3.05, 3.63) is 54.1 Å². The molecule has 0 spiro atoms. The first-order chi connectivity index (χ1) is 16.3. The van der Waals surface area contributed by atoms with Crippen LogP contribution in [0.5, 0.6) is 0 Å². The zero-order valence-electron chi connectivity index (χ0n) is 18.9. The van der Waals surface area contributed by atoms with Crippen LogP contribution in [0, 0.1) is 5.92 Å². The van der Waals surface area contributed by atoms with Crippen molar-refractivity contribution in [2.24, 2.45) is 11.7 Å². The van der Waals surface area contributed by atoms with Crippen LogP contribution in [0.1, 0.15) is 36.0 Å². The summed E-state index contributed by atoms with van der Waals surface area (Å²) in [7, 11) is -3.68. The minimum Gasteiger partial charge on any atom is -0.377 e. The summed E-state index contributed by atoms with van der Waals surface area (Å²) in [5, 5.41) is 2.92. The van der Waals surface area contributed by atoms with E-state index in [4.69, 9.17) is 10.5 Å². The molecule has 2 heterocycles. The van der Waals surface area contributed by atoms with E-state index in [2.05, 4.69) is 14.9 Å². The third-order valence-corrected chi connectivity index (χ3v) is 7.78. The zero-order valence-corrected chi connectivity index (χ0v) is 19.7. The number of piperidine rings is 1. The molecule has 0 saturated carbocycles. The van der Waals surface area contributed by atoms with Crippen LogP contribution in [-0.4, -0.2) is 52.6 Å². The van der Waals surface area contributed by atoms with Crippen LogP contribution < -0.4 is 20.7 Å². The Kier molecular flexibility index (Phi) is 7.50. The van der Waals surface area contributed by atoms with Gasteiger partial charge in [-0.25, -0.2) is 13.1 Å². The monoisotopic (exact) mass is 486 g/mol. The van der Waals surface area contributed by atoms with Crippen LogP contribution in [0.2, 0.25) is 0 Å². The second-order valence-corrected chi connectivity index (χ2v) is 10.4. The van der Waals surface area contributed by atoms with Crippen molar-refractivity contribution >= 4 is 33.2 Å². The number of hydrogen-bond donors (Lipinski definition) is 3. The molecule has 2 saturated heterocycles. The number of ether oxygens (including phenoxy) is 1. The van der Waals surface area contributed by atoms with Gasteiger partial charge in [0, 0.05) is 37.7 Å². The van der Waals surface area contributed by atoms with Crippen molar-refractivity contribution in [1.29, 1.82) is 0 Å². The fourth-order valence-corrected chi connectivity index (χ4v) is 5.40. The zero-order chi connectivity index (χ0) is 24.1. The molecular formula is C24H30N4O5S. The molecule has 0 radical (unpaired) electrons. The number of amides is 2. The molecule has 2 aromatic rings. The molecule has 0 aliphatic carbocycles. The van der Waals surface area contributed by atoms with Crippen molar-refractivity contribution in [2.75, 3.05) is 36.5 Å². The number of para-hydroxylation sites is 2. The molecule has 4 rings (SSSR count). The van der Waals surface area contributed by atoms with E-state index < -0.39 is 10.0 Å². The third kappa shape index (κ3) is 5.75. The van der Waals surface area contributed by atoms with Crippen molar-refractivity contribution in [1.82, 2.24) is 4.72 Å². The van der Waals surface area contributed by atoms with Crippen LogP contribution in [0.25, 0.3) is 0 Å². The lowest BCUT2D eigenvalue weighted by atomic mass is 9.96. The summed E-state index contributed by atoms with van der Waals surface area (Å²) in [6, 6.07) is 13.3.